The highest BCUT2D eigenvalue weighted by Gasteiger charge is 2.49. The first kappa shape index (κ1) is 15.5. The number of hydrogen-bond acceptors (Lipinski definition) is 4. The zero-order valence-electron chi connectivity index (χ0n) is 11.2. The predicted octanol–water partition coefficient (Wildman–Crippen LogP) is 0.390. The van der Waals surface area contributed by atoms with Crippen LogP contribution in [0.25, 0.3) is 0 Å². The van der Waals surface area contributed by atoms with E-state index in [0.29, 0.717) is 4.31 Å². The molecular formula is C12H12F2N2O4S. The van der Waals surface area contributed by atoms with Crippen LogP contribution in [-0.2, 0) is 19.6 Å². The third-order valence-corrected chi connectivity index (χ3v) is 5.26. The highest BCUT2D eigenvalue weighted by molar-refractivity contribution is 7.89. The third kappa shape index (κ3) is 2.42. The second kappa shape index (κ2) is 4.85. The summed E-state index contributed by atoms with van der Waals surface area (Å²) in [7, 11) is -4.70. The van der Waals surface area contributed by atoms with Crippen LogP contribution in [0.4, 0.5) is 8.78 Å². The fourth-order valence-electron chi connectivity index (χ4n) is 1.99. The highest BCUT2D eigenvalue weighted by Crippen LogP contribution is 2.29. The Kier molecular flexibility index (Phi) is 3.58. The van der Waals surface area contributed by atoms with Gasteiger partial charge in [0, 0.05) is 0 Å². The number of hydrogen-bond donors (Lipinski definition) is 1. The summed E-state index contributed by atoms with van der Waals surface area (Å²) >= 11 is 0. The maximum atomic E-state index is 13.7. The summed E-state index contributed by atoms with van der Waals surface area (Å²) < 4.78 is 52.8. The number of carbonyl (C=O) groups excluding carboxylic acids is 2. The predicted molar refractivity (Wildman–Crippen MR) is 67.5 cm³/mol. The molecule has 1 N–H and O–H groups in total. The van der Waals surface area contributed by atoms with Crippen LogP contribution in [0, 0.1) is 11.6 Å². The number of rotatable bonds is 2. The molecule has 0 aliphatic carbocycles. The summed E-state index contributed by atoms with van der Waals surface area (Å²) in [6.45, 7) is 1.78. The molecule has 114 valence electrons. The molecule has 1 heterocycles. The van der Waals surface area contributed by atoms with Crippen LogP contribution < -0.4 is 5.32 Å². The van der Waals surface area contributed by atoms with Gasteiger partial charge in [-0.25, -0.2) is 17.2 Å². The van der Waals surface area contributed by atoms with Crippen molar-refractivity contribution in [2.24, 2.45) is 0 Å². The number of nitrogens with one attached hydrogen (secondary N) is 1. The minimum Gasteiger partial charge on any atom is -0.294 e. The van der Waals surface area contributed by atoms with Crippen LogP contribution in [0.15, 0.2) is 23.1 Å². The number of carbonyl (C=O) groups is 2. The zero-order chi connectivity index (χ0) is 16.0. The second-order valence-corrected chi connectivity index (χ2v) is 6.80. The van der Waals surface area contributed by atoms with E-state index in [4.69, 9.17) is 0 Å². The van der Waals surface area contributed by atoms with Crippen molar-refractivity contribution >= 4 is 21.8 Å². The van der Waals surface area contributed by atoms with E-state index in [0.717, 1.165) is 18.2 Å². The molecule has 0 saturated carbocycles. The molecule has 0 atom stereocenters. The van der Waals surface area contributed by atoms with E-state index in [9.17, 15) is 26.8 Å². The van der Waals surface area contributed by atoms with Gasteiger partial charge in [-0.3, -0.25) is 14.9 Å². The molecule has 2 rings (SSSR count). The molecule has 1 aromatic carbocycles. The molecule has 9 heteroatoms. The van der Waals surface area contributed by atoms with Gasteiger partial charge >= 0.3 is 0 Å². The Morgan fingerprint density at radius 1 is 1.19 bits per heavy atom. The van der Waals surface area contributed by atoms with Gasteiger partial charge in [-0.15, -0.1) is 0 Å². The van der Waals surface area contributed by atoms with Crippen LogP contribution in [0.2, 0.25) is 0 Å². The molecule has 0 radical (unpaired) electrons. The van der Waals surface area contributed by atoms with Crippen molar-refractivity contribution in [3.05, 3.63) is 29.8 Å². The number of nitrogens with zero attached hydrogens (tertiary/aromatic N) is 1. The number of amides is 2. The first-order valence-corrected chi connectivity index (χ1v) is 7.33. The minimum atomic E-state index is -4.70. The van der Waals surface area contributed by atoms with Crippen molar-refractivity contribution in [3.8, 4) is 0 Å². The minimum absolute atomic E-state index is 0.489. The summed E-state index contributed by atoms with van der Waals surface area (Å²) in [5.41, 5.74) is -1.65. The third-order valence-electron chi connectivity index (χ3n) is 3.19. The monoisotopic (exact) mass is 318 g/mol. The molecule has 1 fully saturated rings. The Hall–Kier alpha value is -1.87. The number of halogens is 2. The first-order valence-electron chi connectivity index (χ1n) is 5.89. The van der Waals surface area contributed by atoms with Crippen molar-refractivity contribution in [2.75, 3.05) is 6.54 Å². The summed E-state index contributed by atoms with van der Waals surface area (Å²) in [5.74, 6) is -4.30. The van der Waals surface area contributed by atoms with Crippen LogP contribution in [0.5, 0.6) is 0 Å². The zero-order valence-corrected chi connectivity index (χ0v) is 12.0. The molecule has 1 aliphatic heterocycles. The lowest BCUT2D eigenvalue weighted by molar-refractivity contribution is -0.141. The quantitative estimate of drug-likeness (QED) is 0.800. The van der Waals surface area contributed by atoms with Crippen molar-refractivity contribution in [2.45, 2.75) is 24.3 Å². The average molecular weight is 318 g/mol. The molecule has 0 unspecified atom stereocenters. The maximum absolute atomic E-state index is 13.7. The molecule has 21 heavy (non-hydrogen) atoms. The van der Waals surface area contributed by atoms with E-state index >= 15 is 0 Å². The second-order valence-electron chi connectivity index (χ2n) is 5.00. The number of piperazine rings is 1. The van der Waals surface area contributed by atoms with Crippen molar-refractivity contribution in [3.63, 3.8) is 0 Å². The SMILES string of the molecule is CC1(C)C(=O)NC(=O)CN1S(=O)(=O)c1c(F)cccc1F. The molecule has 1 aliphatic rings. The molecule has 0 spiro atoms. The first-order chi connectivity index (χ1) is 9.58. The van der Waals surface area contributed by atoms with Crippen LogP contribution in [0.1, 0.15) is 13.8 Å². The molecular weight excluding hydrogens is 306 g/mol. The van der Waals surface area contributed by atoms with E-state index < -0.39 is 50.5 Å². The number of imide groups is 1. The maximum Gasteiger partial charge on any atom is 0.250 e. The Labute approximate surface area is 119 Å². The van der Waals surface area contributed by atoms with Crippen LogP contribution in [0.3, 0.4) is 0 Å². The Morgan fingerprint density at radius 2 is 1.71 bits per heavy atom. The van der Waals surface area contributed by atoms with Gasteiger partial charge in [-0.2, -0.15) is 4.31 Å². The Morgan fingerprint density at radius 3 is 2.24 bits per heavy atom. The molecule has 1 saturated heterocycles. The fourth-order valence-corrected chi connectivity index (χ4v) is 3.81. The molecule has 6 nitrogen and oxygen atoms in total. The summed E-state index contributed by atoms with van der Waals surface area (Å²) in [6.07, 6.45) is 0. The van der Waals surface area contributed by atoms with E-state index in [2.05, 4.69) is 0 Å². The van der Waals surface area contributed by atoms with Gasteiger partial charge in [-0.05, 0) is 26.0 Å². The number of benzene rings is 1. The fraction of sp³-hybridized carbons (Fsp3) is 0.333. The normalized spacial score (nSPS) is 19.4. The van der Waals surface area contributed by atoms with Crippen molar-refractivity contribution in [1.29, 1.82) is 0 Å². The van der Waals surface area contributed by atoms with Gasteiger partial charge in [-0.1, -0.05) is 6.07 Å². The van der Waals surface area contributed by atoms with E-state index in [1.165, 1.54) is 13.8 Å². The van der Waals surface area contributed by atoms with E-state index in [1.807, 2.05) is 5.32 Å². The van der Waals surface area contributed by atoms with Gasteiger partial charge in [0.1, 0.15) is 17.2 Å². The Balaban J connectivity index is 2.63. The number of sulfonamides is 1. The summed E-state index contributed by atoms with van der Waals surface area (Å²) in [4.78, 5) is 22.0. The van der Waals surface area contributed by atoms with Gasteiger partial charge in [0.2, 0.25) is 21.8 Å². The van der Waals surface area contributed by atoms with Gasteiger partial charge in [0.15, 0.2) is 4.90 Å². The van der Waals surface area contributed by atoms with Crippen molar-refractivity contribution < 1.29 is 26.8 Å². The van der Waals surface area contributed by atoms with Gasteiger partial charge in [0.05, 0.1) is 6.54 Å². The van der Waals surface area contributed by atoms with Crippen LogP contribution in [-0.4, -0.2) is 36.6 Å². The molecule has 1 aromatic rings. The molecule has 0 aromatic heterocycles. The Bertz CT molecular complexity index is 711. The van der Waals surface area contributed by atoms with Crippen LogP contribution >= 0.6 is 0 Å². The largest absolute Gasteiger partial charge is 0.294 e. The highest BCUT2D eigenvalue weighted by atomic mass is 32.2. The summed E-state index contributed by atoms with van der Waals surface area (Å²) in [6, 6.07) is 2.59. The molecule has 0 bridgehead atoms. The lowest BCUT2D eigenvalue weighted by atomic mass is 10.0. The molecule has 2 amide bonds. The average Bonchev–Trinajstić information content (AvgIpc) is 2.33. The smallest absolute Gasteiger partial charge is 0.250 e. The van der Waals surface area contributed by atoms with E-state index in [1.54, 1.807) is 0 Å². The lowest BCUT2D eigenvalue weighted by Crippen LogP contribution is -2.65. The topological polar surface area (TPSA) is 83.6 Å². The van der Waals surface area contributed by atoms with Gasteiger partial charge < -0.3 is 0 Å². The lowest BCUT2D eigenvalue weighted by Gasteiger charge is -2.38. The standard InChI is InChI=1S/C12H12F2N2O4S/c1-12(2)11(18)15-9(17)6-16(12)21(19,20)10-7(13)4-3-5-8(10)14/h3-5H,6H2,1-2H3,(H,15,17,18). The van der Waals surface area contributed by atoms with Gasteiger partial charge in [0.25, 0.3) is 0 Å². The van der Waals surface area contributed by atoms with E-state index in [-0.39, 0.29) is 0 Å². The summed E-state index contributed by atoms with van der Waals surface area (Å²) in [5, 5.41) is 1.98. The van der Waals surface area contributed by atoms with Crippen molar-refractivity contribution in [1.82, 2.24) is 9.62 Å².